The first-order chi connectivity index (χ1) is 6.72. The average Bonchev–Trinajstić information content (AvgIpc) is 2.27. The first-order valence-electron chi connectivity index (χ1n) is 4.00. The molecule has 6 nitrogen and oxygen atoms in total. The number of hydrogen-bond donors (Lipinski definition) is 3. The molecule has 0 bridgehead atoms. The summed E-state index contributed by atoms with van der Waals surface area (Å²) in [6, 6.07) is 0. The summed E-state index contributed by atoms with van der Waals surface area (Å²) in [5, 5.41) is 9.70. The molecule has 1 rings (SSSR count). The molecular formula is C6H10Br2N2O4S. The summed E-state index contributed by atoms with van der Waals surface area (Å²) in [5.74, 6) is 3.43. The van der Waals surface area contributed by atoms with Crippen LogP contribution in [0, 0.1) is 5.92 Å². The summed E-state index contributed by atoms with van der Waals surface area (Å²) in [5.41, 5.74) is 1.89. The van der Waals surface area contributed by atoms with Crippen LogP contribution < -0.4 is 11.3 Å². The van der Waals surface area contributed by atoms with E-state index in [0.717, 1.165) is 0 Å². The molecule has 0 aromatic rings. The lowest BCUT2D eigenvalue weighted by Crippen LogP contribution is -2.36. The van der Waals surface area contributed by atoms with E-state index in [1.165, 1.54) is 0 Å². The van der Waals surface area contributed by atoms with Crippen molar-refractivity contribution in [3.8, 4) is 0 Å². The molecule has 1 aliphatic rings. The molecule has 1 saturated heterocycles. The molecule has 0 aromatic heterocycles. The number of aliphatic hydroxyl groups is 1. The maximum Gasteiger partial charge on any atom is 0.234 e. The smallest absolute Gasteiger partial charge is 0.234 e. The van der Waals surface area contributed by atoms with E-state index in [0.29, 0.717) is 0 Å². The summed E-state index contributed by atoms with van der Waals surface area (Å²) >= 11 is 5.79. The highest BCUT2D eigenvalue weighted by Crippen LogP contribution is 2.47. The van der Waals surface area contributed by atoms with Gasteiger partial charge in [-0.25, -0.2) is 14.3 Å². The van der Waals surface area contributed by atoms with Crippen LogP contribution in [0.1, 0.15) is 6.42 Å². The van der Waals surface area contributed by atoms with Crippen molar-refractivity contribution >= 4 is 47.6 Å². The number of nitrogens with one attached hydrogen (secondary N) is 1. The maximum atomic E-state index is 11.6. The highest BCUT2D eigenvalue weighted by atomic mass is 79.9. The Labute approximate surface area is 104 Å². The van der Waals surface area contributed by atoms with Crippen LogP contribution in [0.5, 0.6) is 0 Å². The molecule has 88 valence electrons. The number of rotatable bonds is 2. The number of alkyl halides is 2. The van der Waals surface area contributed by atoms with Crippen molar-refractivity contribution in [2.75, 3.05) is 5.75 Å². The number of sulfone groups is 1. The van der Waals surface area contributed by atoms with Crippen LogP contribution in [0.4, 0.5) is 0 Å². The Morgan fingerprint density at radius 3 is 2.47 bits per heavy atom. The Kier molecular flexibility index (Phi) is 3.82. The Hall–Kier alpha value is 0.300. The molecule has 15 heavy (non-hydrogen) atoms. The van der Waals surface area contributed by atoms with E-state index in [4.69, 9.17) is 5.84 Å². The third kappa shape index (κ3) is 2.36. The lowest BCUT2D eigenvalue weighted by Gasteiger charge is -2.19. The van der Waals surface area contributed by atoms with Crippen molar-refractivity contribution in [2.45, 2.75) is 15.1 Å². The summed E-state index contributed by atoms with van der Waals surface area (Å²) < 4.78 is 21.6. The van der Waals surface area contributed by atoms with Gasteiger partial charge in [0.2, 0.25) is 8.47 Å². The Morgan fingerprint density at radius 2 is 2.13 bits per heavy atom. The van der Waals surface area contributed by atoms with Crippen molar-refractivity contribution in [1.82, 2.24) is 5.43 Å². The lowest BCUT2D eigenvalue weighted by atomic mass is 10.0. The van der Waals surface area contributed by atoms with Gasteiger partial charge in [0.15, 0.2) is 9.84 Å². The minimum atomic E-state index is -3.51. The van der Waals surface area contributed by atoms with E-state index in [2.05, 4.69) is 31.9 Å². The Balaban J connectivity index is 2.87. The molecule has 0 radical (unpaired) electrons. The number of hydrazine groups is 1. The van der Waals surface area contributed by atoms with Gasteiger partial charge in [0.05, 0.1) is 11.9 Å². The number of halogens is 2. The quantitative estimate of drug-likeness (QED) is 0.257. The monoisotopic (exact) mass is 364 g/mol. The maximum absolute atomic E-state index is 11.6. The zero-order valence-electron chi connectivity index (χ0n) is 7.48. The second kappa shape index (κ2) is 4.28. The largest absolute Gasteiger partial charge is 0.389 e. The fourth-order valence-corrected chi connectivity index (χ4v) is 4.60. The molecule has 0 aromatic carbocycles. The summed E-state index contributed by atoms with van der Waals surface area (Å²) in [7, 11) is -3.51. The number of amides is 1. The van der Waals surface area contributed by atoms with Gasteiger partial charge in [-0.2, -0.15) is 0 Å². The van der Waals surface area contributed by atoms with Crippen molar-refractivity contribution in [1.29, 1.82) is 0 Å². The second-order valence-electron chi connectivity index (χ2n) is 3.32. The highest BCUT2D eigenvalue weighted by molar-refractivity contribution is 9.28. The summed E-state index contributed by atoms with van der Waals surface area (Å²) in [6.45, 7) is 0. The Bertz CT molecular complexity index is 369. The minimum Gasteiger partial charge on any atom is -0.389 e. The third-order valence-corrected chi connectivity index (χ3v) is 8.08. The minimum absolute atomic E-state index is 0.129. The highest BCUT2D eigenvalue weighted by Gasteiger charge is 2.56. The number of hydrogen-bond acceptors (Lipinski definition) is 5. The van der Waals surface area contributed by atoms with Crippen LogP contribution in [-0.2, 0) is 14.6 Å². The molecule has 0 saturated carbocycles. The van der Waals surface area contributed by atoms with Crippen LogP contribution in [0.2, 0.25) is 0 Å². The molecule has 4 N–H and O–H groups in total. The predicted octanol–water partition coefficient (Wildman–Crippen LogP) is -0.784. The molecule has 0 spiro atoms. The number of aliphatic hydroxyl groups excluding tert-OH is 1. The zero-order chi connectivity index (χ0) is 11.9. The Morgan fingerprint density at radius 1 is 1.60 bits per heavy atom. The van der Waals surface area contributed by atoms with Crippen molar-refractivity contribution in [3.63, 3.8) is 0 Å². The van der Waals surface area contributed by atoms with Gasteiger partial charge in [0, 0.05) is 12.3 Å². The van der Waals surface area contributed by atoms with Gasteiger partial charge < -0.3 is 5.11 Å². The topological polar surface area (TPSA) is 109 Å². The average molecular weight is 366 g/mol. The predicted molar refractivity (Wildman–Crippen MR) is 60.8 cm³/mol. The van der Waals surface area contributed by atoms with Crippen molar-refractivity contribution in [2.24, 2.45) is 11.8 Å². The standard InChI is InChI=1S/C6H10Br2N2O4S/c7-6(8)5(12)3(1-4(11)10-9)2-15(6,13)14/h3,5,12H,1-2,9H2,(H,10,11)/t3-,5+/m0/s1. The van der Waals surface area contributed by atoms with Gasteiger partial charge in [-0.3, -0.25) is 10.2 Å². The van der Waals surface area contributed by atoms with Gasteiger partial charge in [0.25, 0.3) is 0 Å². The number of carbonyl (C=O) groups is 1. The third-order valence-electron chi connectivity index (χ3n) is 2.25. The summed E-state index contributed by atoms with van der Waals surface area (Å²) in [4.78, 5) is 11.0. The van der Waals surface area contributed by atoms with E-state index >= 15 is 0 Å². The van der Waals surface area contributed by atoms with E-state index in [1.807, 2.05) is 5.43 Å². The lowest BCUT2D eigenvalue weighted by molar-refractivity contribution is -0.122. The zero-order valence-corrected chi connectivity index (χ0v) is 11.5. The van der Waals surface area contributed by atoms with Gasteiger partial charge >= 0.3 is 0 Å². The number of carbonyl (C=O) groups excluding carboxylic acids is 1. The van der Waals surface area contributed by atoms with E-state index in [9.17, 15) is 18.3 Å². The molecule has 2 atom stereocenters. The summed E-state index contributed by atoms with van der Waals surface area (Å²) in [6.07, 6.45) is -1.32. The normalized spacial score (nSPS) is 32.5. The van der Waals surface area contributed by atoms with Crippen LogP contribution in [0.25, 0.3) is 0 Å². The SMILES string of the molecule is NNC(=O)C[C@H]1CS(=O)(=O)C(Br)(Br)[C@@H]1O. The van der Waals surface area contributed by atoms with Gasteiger partial charge in [0.1, 0.15) is 0 Å². The fourth-order valence-electron chi connectivity index (χ4n) is 1.41. The van der Waals surface area contributed by atoms with Gasteiger partial charge in [-0.05, 0) is 0 Å². The molecule has 1 aliphatic heterocycles. The second-order valence-corrected chi connectivity index (χ2v) is 10.1. The van der Waals surface area contributed by atoms with Crippen LogP contribution >= 0.6 is 31.9 Å². The number of nitrogens with two attached hydrogens (primary N) is 1. The van der Waals surface area contributed by atoms with Crippen molar-refractivity contribution in [3.05, 3.63) is 0 Å². The van der Waals surface area contributed by atoms with Crippen LogP contribution in [-0.4, -0.2) is 33.9 Å². The molecule has 1 heterocycles. The van der Waals surface area contributed by atoms with Crippen molar-refractivity contribution < 1.29 is 18.3 Å². The first kappa shape index (κ1) is 13.4. The molecule has 0 unspecified atom stereocenters. The molecular weight excluding hydrogens is 356 g/mol. The van der Waals surface area contributed by atoms with Crippen LogP contribution in [0.15, 0.2) is 0 Å². The van der Waals surface area contributed by atoms with Crippen LogP contribution in [0.3, 0.4) is 0 Å². The molecule has 9 heteroatoms. The molecule has 0 aliphatic carbocycles. The van der Waals surface area contributed by atoms with Gasteiger partial charge in [-0.1, -0.05) is 31.9 Å². The van der Waals surface area contributed by atoms with E-state index in [-0.39, 0.29) is 12.2 Å². The van der Waals surface area contributed by atoms with E-state index < -0.39 is 30.3 Å². The first-order valence-corrected chi connectivity index (χ1v) is 7.24. The molecule has 1 fully saturated rings. The van der Waals surface area contributed by atoms with E-state index in [1.54, 1.807) is 0 Å². The van der Waals surface area contributed by atoms with Gasteiger partial charge in [-0.15, -0.1) is 0 Å². The fraction of sp³-hybridized carbons (Fsp3) is 0.833. The molecule has 1 amide bonds.